The van der Waals surface area contributed by atoms with E-state index in [1.807, 2.05) is 18.2 Å². The molecule has 3 rings (SSSR count). The van der Waals surface area contributed by atoms with Gasteiger partial charge in [-0.15, -0.1) is 12.4 Å². The molecule has 21 heavy (non-hydrogen) atoms. The lowest BCUT2D eigenvalue weighted by molar-refractivity contribution is 0.239. The molecule has 1 heterocycles. The Balaban J connectivity index is 0.00000161. The first-order chi connectivity index (χ1) is 9.84. The number of rotatable bonds is 4. The molecule has 1 aliphatic heterocycles. The SMILES string of the molecule is Cl.Fc1ccccc1C(Cc1ccccc1)N1CCCC1. The van der Waals surface area contributed by atoms with Gasteiger partial charge in [0, 0.05) is 11.6 Å². The minimum Gasteiger partial charge on any atom is -0.296 e. The summed E-state index contributed by atoms with van der Waals surface area (Å²) in [5.41, 5.74) is 2.10. The van der Waals surface area contributed by atoms with Crippen LogP contribution in [-0.2, 0) is 6.42 Å². The Labute approximate surface area is 132 Å². The van der Waals surface area contributed by atoms with Crippen molar-refractivity contribution in [3.05, 3.63) is 71.5 Å². The molecule has 0 spiro atoms. The van der Waals surface area contributed by atoms with Crippen LogP contribution in [-0.4, -0.2) is 18.0 Å². The zero-order valence-corrected chi connectivity index (χ0v) is 12.9. The van der Waals surface area contributed by atoms with Gasteiger partial charge < -0.3 is 0 Å². The highest BCUT2D eigenvalue weighted by atomic mass is 35.5. The Morgan fingerprint density at radius 2 is 1.52 bits per heavy atom. The number of hydrogen-bond donors (Lipinski definition) is 0. The smallest absolute Gasteiger partial charge is 0.127 e. The molecule has 2 aromatic rings. The van der Waals surface area contributed by atoms with E-state index in [0.717, 1.165) is 25.1 Å². The van der Waals surface area contributed by atoms with Crippen LogP contribution in [0.2, 0.25) is 0 Å². The Kier molecular flexibility index (Phi) is 5.77. The Morgan fingerprint density at radius 3 is 2.19 bits per heavy atom. The molecule has 0 aliphatic carbocycles. The first kappa shape index (κ1) is 16.0. The second kappa shape index (κ2) is 7.58. The third-order valence-corrected chi connectivity index (χ3v) is 4.12. The van der Waals surface area contributed by atoms with E-state index >= 15 is 0 Å². The van der Waals surface area contributed by atoms with Gasteiger partial charge in [-0.3, -0.25) is 4.90 Å². The summed E-state index contributed by atoms with van der Waals surface area (Å²) >= 11 is 0. The van der Waals surface area contributed by atoms with Crippen molar-refractivity contribution < 1.29 is 4.39 Å². The summed E-state index contributed by atoms with van der Waals surface area (Å²) in [7, 11) is 0. The van der Waals surface area contributed by atoms with Crippen LogP contribution in [0, 0.1) is 5.82 Å². The lowest BCUT2D eigenvalue weighted by Gasteiger charge is -2.28. The van der Waals surface area contributed by atoms with Crippen LogP contribution < -0.4 is 0 Å². The largest absolute Gasteiger partial charge is 0.296 e. The van der Waals surface area contributed by atoms with Gasteiger partial charge in [-0.05, 0) is 44.0 Å². The van der Waals surface area contributed by atoms with E-state index in [2.05, 4.69) is 29.2 Å². The fourth-order valence-corrected chi connectivity index (χ4v) is 3.07. The van der Waals surface area contributed by atoms with E-state index in [9.17, 15) is 4.39 Å². The second-order valence-corrected chi connectivity index (χ2v) is 5.47. The zero-order chi connectivity index (χ0) is 13.8. The maximum atomic E-state index is 14.2. The van der Waals surface area contributed by atoms with Crippen molar-refractivity contribution in [3.8, 4) is 0 Å². The lowest BCUT2D eigenvalue weighted by atomic mass is 9.97. The third kappa shape index (κ3) is 3.84. The molecule has 1 atom stereocenters. The molecular formula is C18H21ClFN. The fraction of sp³-hybridized carbons (Fsp3) is 0.333. The van der Waals surface area contributed by atoms with E-state index in [4.69, 9.17) is 0 Å². The molecule has 1 nitrogen and oxygen atoms in total. The van der Waals surface area contributed by atoms with Gasteiger partial charge >= 0.3 is 0 Å². The highest BCUT2D eigenvalue weighted by Crippen LogP contribution is 2.30. The van der Waals surface area contributed by atoms with Crippen molar-refractivity contribution in [2.45, 2.75) is 25.3 Å². The topological polar surface area (TPSA) is 3.24 Å². The molecule has 0 aromatic heterocycles. The first-order valence-electron chi connectivity index (χ1n) is 7.37. The van der Waals surface area contributed by atoms with Crippen LogP contribution in [0.3, 0.4) is 0 Å². The van der Waals surface area contributed by atoms with E-state index in [1.54, 1.807) is 12.1 Å². The standard InChI is InChI=1S/C18H20FN.ClH/c19-17-11-5-4-10-16(17)18(20-12-6-7-13-20)14-15-8-2-1-3-9-15;/h1-5,8-11,18H,6-7,12-14H2;1H. The van der Waals surface area contributed by atoms with Crippen LogP contribution in [0.5, 0.6) is 0 Å². The third-order valence-electron chi connectivity index (χ3n) is 4.12. The summed E-state index contributed by atoms with van der Waals surface area (Å²) in [5.74, 6) is -0.0830. The van der Waals surface area contributed by atoms with Gasteiger partial charge in [0.15, 0.2) is 0 Å². The van der Waals surface area contributed by atoms with Gasteiger partial charge in [-0.2, -0.15) is 0 Å². The normalized spacial score (nSPS) is 16.4. The molecule has 112 valence electrons. The summed E-state index contributed by atoms with van der Waals surface area (Å²) in [4.78, 5) is 2.42. The van der Waals surface area contributed by atoms with Crippen molar-refractivity contribution in [1.29, 1.82) is 0 Å². The van der Waals surface area contributed by atoms with Crippen molar-refractivity contribution in [2.24, 2.45) is 0 Å². The Hall–Kier alpha value is -1.38. The summed E-state index contributed by atoms with van der Waals surface area (Å²) < 4.78 is 14.2. The Bertz CT molecular complexity index is 552. The van der Waals surface area contributed by atoms with Crippen molar-refractivity contribution in [2.75, 3.05) is 13.1 Å². The monoisotopic (exact) mass is 305 g/mol. The molecule has 1 aliphatic rings. The van der Waals surface area contributed by atoms with E-state index in [1.165, 1.54) is 18.4 Å². The summed E-state index contributed by atoms with van der Waals surface area (Å²) in [6.07, 6.45) is 3.32. The fourth-order valence-electron chi connectivity index (χ4n) is 3.07. The second-order valence-electron chi connectivity index (χ2n) is 5.47. The molecule has 2 aromatic carbocycles. The summed E-state index contributed by atoms with van der Waals surface area (Å²) in [6.45, 7) is 2.15. The number of likely N-dealkylation sites (tertiary alicyclic amines) is 1. The zero-order valence-electron chi connectivity index (χ0n) is 12.0. The molecule has 1 unspecified atom stereocenters. The van der Waals surface area contributed by atoms with E-state index in [-0.39, 0.29) is 24.3 Å². The molecule has 0 bridgehead atoms. The van der Waals surface area contributed by atoms with Gasteiger partial charge in [0.2, 0.25) is 0 Å². The molecule has 0 N–H and O–H groups in total. The number of hydrogen-bond acceptors (Lipinski definition) is 1. The average molecular weight is 306 g/mol. The molecule has 0 amide bonds. The average Bonchev–Trinajstić information content (AvgIpc) is 3.01. The summed E-state index contributed by atoms with van der Waals surface area (Å²) in [6, 6.07) is 17.8. The minimum atomic E-state index is -0.0830. The van der Waals surface area contributed by atoms with E-state index in [0.29, 0.717) is 0 Å². The first-order valence-corrected chi connectivity index (χ1v) is 7.37. The van der Waals surface area contributed by atoms with Crippen LogP contribution in [0.1, 0.15) is 30.0 Å². The van der Waals surface area contributed by atoms with Gasteiger partial charge in [-0.25, -0.2) is 4.39 Å². The predicted octanol–water partition coefficient (Wildman–Crippen LogP) is 4.63. The number of halogens is 2. The minimum absolute atomic E-state index is 0. The molecule has 0 radical (unpaired) electrons. The summed E-state index contributed by atoms with van der Waals surface area (Å²) in [5, 5.41) is 0. The van der Waals surface area contributed by atoms with Crippen LogP contribution in [0.25, 0.3) is 0 Å². The van der Waals surface area contributed by atoms with Crippen LogP contribution >= 0.6 is 12.4 Å². The van der Waals surface area contributed by atoms with Crippen molar-refractivity contribution in [3.63, 3.8) is 0 Å². The predicted molar refractivity (Wildman–Crippen MR) is 87.3 cm³/mol. The number of benzene rings is 2. The maximum Gasteiger partial charge on any atom is 0.127 e. The van der Waals surface area contributed by atoms with Gasteiger partial charge in [0.05, 0.1) is 0 Å². The maximum absolute atomic E-state index is 14.2. The van der Waals surface area contributed by atoms with E-state index < -0.39 is 0 Å². The molecule has 1 saturated heterocycles. The molecular weight excluding hydrogens is 285 g/mol. The van der Waals surface area contributed by atoms with Gasteiger partial charge in [0.25, 0.3) is 0 Å². The molecule has 0 saturated carbocycles. The highest BCUT2D eigenvalue weighted by molar-refractivity contribution is 5.85. The van der Waals surface area contributed by atoms with Crippen LogP contribution in [0.4, 0.5) is 4.39 Å². The van der Waals surface area contributed by atoms with Crippen molar-refractivity contribution >= 4 is 12.4 Å². The molecule has 3 heteroatoms. The quantitative estimate of drug-likeness (QED) is 0.796. The van der Waals surface area contributed by atoms with Crippen LogP contribution in [0.15, 0.2) is 54.6 Å². The number of nitrogens with zero attached hydrogens (tertiary/aromatic N) is 1. The van der Waals surface area contributed by atoms with Crippen molar-refractivity contribution in [1.82, 2.24) is 4.90 Å². The Morgan fingerprint density at radius 1 is 0.905 bits per heavy atom. The molecule has 1 fully saturated rings. The van der Waals surface area contributed by atoms with Gasteiger partial charge in [-0.1, -0.05) is 48.5 Å². The lowest BCUT2D eigenvalue weighted by Crippen LogP contribution is -2.28. The van der Waals surface area contributed by atoms with Gasteiger partial charge in [0.1, 0.15) is 5.82 Å². The highest BCUT2D eigenvalue weighted by Gasteiger charge is 2.25.